The Morgan fingerprint density at radius 3 is 2.90 bits per heavy atom. The molecular weight excluding hydrogens is 252 g/mol. The Bertz CT molecular complexity index is 474. The summed E-state index contributed by atoms with van der Waals surface area (Å²) in [7, 11) is 0. The van der Waals surface area contributed by atoms with Gasteiger partial charge in [-0.3, -0.25) is 10.1 Å². The van der Waals surface area contributed by atoms with Crippen LogP contribution in [0.4, 0.5) is 0 Å². The maximum absolute atomic E-state index is 12.0. The monoisotopic (exact) mass is 276 g/mol. The number of amides is 1. The van der Waals surface area contributed by atoms with Crippen molar-refractivity contribution in [3.05, 3.63) is 34.9 Å². The van der Waals surface area contributed by atoms with Crippen LogP contribution in [0.5, 0.6) is 0 Å². The lowest BCUT2D eigenvalue weighted by Crippen LogP contribution is -2.32. The predicted octanol–water partition coefficient (Wildman–Crippen LogP) is 2.16. The lowest BCUT2D eigenvalue weighted by Gasteiger charge is -2.26. The van der Waals surface area contributed by atoms with E-state index in [0.717, 1.165) is 19.6 Å². The predicted molar refractivity (Wildman–Crippen MR) is 79.5 cm³/mol. The standard InChI is InChI=1S/C16H24N2O2/c1-4-20-9-5-8-18-15(19)11-17-16(18)14-7-6-12(2)10-13(14)3/h6-7,10,16-17H,4-5,8-9,11H2,1-3H3. The third-order valence-electron chi connectivity index (χ3n) is 3.69. The fourth-order valence-corrected chi connectivity index (χ4v) is 2.69. The number of nitrogens with one attached hydrogen (secondary N) is 1. The van der Waals surface area contributed by atoms with Gasteiger partial charge in [0.15, 0.2) is 0 Å². The Balaban J connectivity index is 2.07. The zero-order valence-corrected chi connectivity index (χ0v) is 12.6. The highest BCUT2D eigenvalue weighted by atomic mass is 16.5. The summed E-state index contributed by atoms with van der Waals surface area (Å²) < 4.78 is 5.35. The van der Waals surface area contributed by atoms with Crippen molar-refractivity contribution in [1.82, 2.24) is 10.2 Å². The molecule has 110 valence electrons. The van der Waals surface area contributed by atoms with Gasteiger partial charge in [0, 0.05) is 19.8 Å². The van der Waals surface area contributed by atoms with E-state index < -0.39 is 0 Å². The lowest BCUT2D eigenvalue weighted by molar-refractivity contribution is -0.128. The molecule has 0 saturated carbocycles. The molecule has 1 aliphatic rings. The van der Waals surface area contributed by atoms with Crippen LogP contribution in [-0.2, 0) is 9.53 Å². The van der Waals surface area contributed by atoms with Gasteiger partial charge in [-0.25, -0.2) is 0 Å². The minimum absolute atomic E-state index is 0.00438. The second-order valence-corrected chi connectivity index (χ2v) is 5.28. The summed E-state index contributed by atoms with van der Waals surface area (Å²) in [6.07, 6.45) is 0.882. The topological polar surface area (TPSA) is 41.6 Å². The van der Waals surface area contributed by atoms with Gasteiger partial charge in [0.25, 0.3) is 0 Å². The average Bonchev–Trinajstić information content (AvgIpc) is 2.76. The largest absolute Gasteiger partial charge is 0.382 e. The molecule has 20 heavy (non-hydrogen) atoms. The van der Waals surface area contributed by atoms with Gasteiger partial charge in [0.05, 0.1) is 6.54 Å². The van der Waals surface area contributed by atoms with E-state index in [-0.39, 0.29) is 12.1 Å². The number of carbonyl (C=O) groups is 1. The molecule has 1 aromatic rings. The molecule has 1 heterocycles. The zero-order chi connectivity index (χ0) is 14.5. The quantitative estimate of drug-likeness (QED) is 0.810. The molecule has 1 amide bonds. The van der Waals surface area contributed by atoms with Gasteiger partial charge in [-0.2, -0.15) is 0 Å². The SMILES string of the molecule is CCOCCCN1C(=O)CNC1c1ccc(C)cc1C. The average molecular weight is 276 g/mol. The van der Waals surface area contributed by atoms with Crippen LogP contribution < -0.4 is 5.32 Å². The first-order valence-electron chi connectivity index (χ1n) is 7.31. The van der Waals surface area contributed by atoms with Crippen molar-refractivity contribution in [2.75, 3.05) is 26.3 Å². The summed E-state index contributed by atoms with van der Waals surface area (Å²) in [5, 5.41) is 3.31. The fraction of sp³-hybridized carbons (Fsp3) is 0.562. The molecule has 1 aromatic carbocycles. The van der Waals surface area contributed by atoms with Gasteiger partial charge in [0.2, 0.25) is 5.91 Å². The molecule has 0 bridgehead atoms. The molecule has 0 spiro atoms. The second kappa shape index (κ2) is 6.86. The van der Waals surface area contributed by atoms with Gasteiger partial charge in [-0.05, 0) is 38.3 Å². The Kier molecular flexibility index (Phi) is 5.15. The number of benzene rings is 1. The third-order valence-corrected chi connectivity index (χ3v) is 3.69. The Morgan fingerprint density at radius 2 is 2.20 bits per heavy atom. The van der Waals surface area contributed by atoms with Crippen LogP contribution in [0.15, 0.2) is 18.2 Å². The van der Waals surface area contributed by atoms with Crippen molar-refractivity contribution in [2.45, 2.75) is 33.4 Å². The molecule has 1 fully saturated rings. The minimum Gasteiger partial charge on any atom is -0.382 e. The summed E-state index contributed by atoms with van der Waals surface area (Å²) in [6, 6.07) is 6.39. The van der Waals surface area contributed by atoms with Crippen LogP contribution in [0.25, 0.3) is 0 Å². The molecule has 1 unspecified atom stereocenters. The van der Waals surface area contributed by atoms with Crippen molar-refractivity contribution in [3.63, 3.8) is 0 Å². The smallest absolute Gasteiger partial charge is 0.238 e. The molecule has 1 atom stereocenters. The van der Waals surface area contributed by atoms with Gasteiger partial charge >= 0.3 is 0 Å². The highest BCUT2D eigenvalue weighted by Crippen LogP contribution is 2.26. The summed E-state index contributed by atoms with van der Waals surface area (Å²) >= 11 is 0. The third kappa shape index (κ3) is 3.38. The summed E-state index contributed by atoms with van der Waals surface area (Å²) in [5.41, 5.74) is 3.67. The van der Waals surface area contributed by atoms with Crippen molar-refractivity contribution < 1.29 is 9.53 Å². The van der Waals surface area contributed by atoms with E-state index in [9.17, 15) is 4.79 Å². The number of ether oxygens (including phenoxy) is 1. The Labute approximate surface area is 121 Å². The van der Waals surface area contributed by atoms with Gasteiger partial charge in [0.1, 0.15) is 6.17 Å². The number of hydrogen-bond acceptors (Lipinski definition) is 3. The van der Waals surface area contributed by atoms with Crippen molar-refractivity contribution in [2.24, 2.45) is 0 Å². The van der Waals surface area contributed by atoms with Crippen LogP contribution in [0.3, 0.4) is 0 Å². The van der Waals surface area contributed by atoms with Crippen LogP contribution in [-0.4, -0.2) is 37.1 Å². The number of nitrogens with zero attached hydrogens (tertiary/aromatic N) is 1. The van der Waals surface area contributed by atoms with E-state index >= 15 is 0 Å². The molecule has 4 heteroatoms. The lowest BCUT2D eigenvalue weighted by atomic mass is 10.0. The highest BCUT2D eigenvalue weighted by Gasteiger charge is 2.31. The Hall–Kier alpha value is -1.39. The molecule has 2 rings (SSSR count). The molecule has 1 aliphatic heterocycles. The van der Waals surface area contributed by atoms with E-state index in [1.807, 2.05) is 11.8 Å². The molecule has 4 nitrogen and oxygen atoms in total. The normalized spacial score (nSPS) is 18.9. The van der Waals surface area contributed by atoms with Gasteiger partial charge in [-0.15, -0.1) is 0 Å². The molecule has 0 aromatic heterocycles. The van der Waals surface area contributed by atoms with Crippen LogP contribution in [0.1, 0.15) is 36.2 Å². The Morgan fingerprint density at radius 1 is 1.40 bits per heavy atom. The van der Waals surface area contributed by atoms with Crippen LogP contribution in [0, 0.1) is 13.8 Å². The van der Waals surface area contributed by atoms with E-state index in [1.54, 1.807) is 0 Å². The van der Waals surface area contributed by atoms with Crippen molar-refractivity contribution in [3.8, 4) is 0 Å². The molecule has 1 N–H and O–H groups in total. The van der Waals surface area contributed by atoms with E-state index in [1.165, 1.54) is 16.7 Å². The van der Waals surface area contributed by atoms with Gasteiger partial charge < -0.3 is 9.64 Å². The number of hydrogen-bond donors (Lipinski definition) is 1. The van der Waals surface area contributed by atoms with E-state index in [4.69, 9.17) is 4.74 Å². The molecular formula is C16H24N2O2. The van der Waals surface area contributed by atoms with Crippen molar-refractivity contribution >= 4 is 5.91 Å². The molecule has 0 radical (unpaired) electrons. The molecule has 1 saturated heterocycles. The summed E-state index contributed by atoms with van der Waals surface area (Å²) in [4.78, 5) is 13.9. The van der Waals surface area contributed by atoms with Crippen molar-refractivity contribution in [1.29, 1.82) is 0 Å². The number of carbonyl (C=O) groups excluding carboxylic acids is 1. The van der Waals surface area contributed by atoms with Crippen LogP contribution >= 0.6 is 0 Å². The maximum Gasteiger partial charge on any atom is 0.238 e. The maximum atomic E-state index is 12.0. The highest BCUT2D eigenvalue weighted by molar-refractivity contribution is 5.81. The van der Waals surface area contributed by atoms with E-state index in [0.29, 0.717) is 13.2 Å². The first-order chi connectivity index (χ1) is 9.63. The first-order valence-corrected chi connectivity index (χ1v) is 7.31. The molecule has 0 aliphatic carbocycles. The van der Waals surface area contributed by atoms with Crippen LogP contribution in [0.2, 0.25) is 0 Å². The fourth-order valence-electron chi connectivity index (χ4n) is 2.69. The number of aryl methyl sites for hydroxylation is 2. The summed E-state index contributed by atoms with van der Waals surface area (Å²) in [5.74, 6) is 0.173. The van der Waals surface area contributed by atoms with E-state index in [2.05, 4.69) is 37.4 Å². The second-order valence-electron chi connectivity index (χ2n) is 5.28. The minimum atomic E-state index is 0.00438. The van der Waals surface area contributed by atoms with Gasteiger partial charge in [-0.1, -0.05) is 23.8 Å². The summed E-state index contributed by atoms with van der Waals surface area (Å²) in [6.45, 7) is 8.78. The number of rotatable bonds is 6. The first kappa shape index (κ1) is 15.0. The zero-order valence-electron chi connectivity index (χ0n) is 12.6.